The fourth-order valence-electron chi connectivity index (χ4n) is 4.61. The van der Waals surface area contributed by atoms with E-state index < -0.39 is 10.5 Å². The number of hydrogen-bond acceptors (Lipinski definition) is 5. The molecule has 188 valence electrons. The van der Waals surface area contributed by atoms with Crippen LogP contribution in [0.5, 0.6) is 0 Å². The number of amides is 1. The fourth-order valence-corrected chi connectivity index (χ4v) is 4.61. The standard InChI is InChI=1S/C29H28N4O4/c1-19(20-11-13-23(14-12-20)33(35)36)32-28(34)29(2,16-22-17-30-26-9-5-4-8-25(22)26)31-18-24-15-21-7-3-6-10-27(21)37-24/h3-15,17,19,30-31H,16,18H2,1-2H3,(H,32,34). The molecule has 37 heavy (non-hydrogen) atoms. The fraction of sp³-hybridized carbons (Fsp3) is 0.207. The molecule has 8 heteroatoms. The number of nitro benzene ring substituents is 1. The zero-order chi connectivity index (χ0) is 26.0. The van der Waals surface area contributed by atoms with Gasteiger partial charge in [-0.3, -0.25) is 20.2 Å². The van der Waals surface area contributed by atoms with Gasteiger partial charge in [0, 0.05) is 41.0 Å². The first-order valence-electron chi connectivity index (χ1n) is 12.2. The second-order valence-corrected chi connectivity index (χ2v) is 9.52. The lowest BCUT2D eigenvalue weighted by Gasteiger charge is -2.31. The summed E-state index contributed by atoms with van der Waals surface area (Å²) in [4.78, 5) is 27.6. The van der Waals surface area contributed by atoms with Crippen molar-refractivity contribution in [1.82, 2.24) is 15.6 Å². The van der Waals surface area contributed by atoms with Gasteiger partial charge >= 0.3 is 0 Å². The van der Waals surface area contributed by atoms with Crippen molar-refractivity contribution in [1.29, 1.82) is 0 Å². The molecule has 3 N–H and O–H groups in total. The minimum atomic E-state index is -0.973. The molecule has 0 saturated heterocycles. The molecule has 2 aromatic heterocycles. The van der Waals surface area contributed by atoms with Crippen LogP contribution in [0.4, 0.5) is 5.69 Å². The van der Waals surface area contributed by atoms with Crippen LogP contribution in [0.2, 0.25) is 0 Å². The van der Waals surface area contributed by atoms with Crippen molar-refractivity contribution >= 4 is 33.5 Å². The number of aromatic nitrogens is 1. The molecule has 8 nitrogen and oxygen atoms in total. The number of hydrogen-bond donors (Lipinski definition) is 3. The summed E-state index contributed by atoms with van der Waals surface area (Å²) in [6, 6.07) is 23.7. The number of rotatable bonds is 9. The maximum atomic E-state index is 13.8. The summed E-state index contributed by atoms with van der Waals surface area (Å²) in [6.45, 7) is 4.12. The lowest BCUT2D eigenvalue weighted by atomic mass is 9.90. The second-order valence-electron chi connectivity index (χ2n) is 9.52. The van der Waals surface area contributed by atoms with Crippen molar-refractivity contribution < 1.29 is 14.1 Å². The predicted molar refractivity (Wildman–Crippen MR) is 143 cm³/mol. The summed E-state index contributed by atoms with van der Waals surface area (Å²) in [6.07, 6.45) is 2.38. The Hall–Kier alpha value is -4.43. The summed E-state index contributed by atoms with van der Waals surface area (Å²) in [7, 11) is 0. The van der Waals surface area contributed by atoms with Crippen molar-refractivity contribution in [3.8, 4) is 0 Å². The number of nitro groups is 1. The Kier molecular flexibility index (Phi) is 6.50. The molecule has 0 aliphatic heterocycles. The summed E-state index contributed by atoms with van der Waals surface area (Å²) < 4.78 is 5.97. The van der Waals surface area contributed by atoms with E-state index in [9.17, 15) is 14.9 Å². The van der Waals surface area contributed by atoms with Gasteiger partial charge in [0.1, 0.15) is 11.3 Å². The van der Waals surface area contributed by atoms with E-state index in [0.717, 1.165) is 38.8 Å². The number of non-ortho nitro benzene ring substituents is 1. The Morgan fingerprint density at radius 2 is 1.81 bits per heavy atom. The van der Waals surface area contributed by atoms with Crippen LogP contribution >= 0.6 is 0 Å². The highest BCUT2D eigenvalue weighted by atomic mass is 16.6. The van der Waals surface area contributed by atoms with Gasteiger partial charge in [0.15, 0.2) is 0 Å². The molecule has 0 bridgehead atoms. The average Bonchev–Trinajstić information content (AvgIpc) is 3.51. The molecular weight excluding hydrogens is 468 g/mol. The summed E-state index contributed by atoms with van der Waals surface area (Å²) in [5.74, 6) is 0.558. The third-order valence-corrected chi connectivity index (χ3v) is 6.80. The number of furan rings is 1. The number of fused-ring (bicyclic) bond motifs is 2. The Morgan fingerprint density at radius 1 is 1.08 bits per heavy atom. The number of carbonyl (C=O) groups excluding carboxylic acids is 1. The SMILES string of the molecule is CC(NC(=O)C(C)(Cc1c[nH]c2ccccc12)NCc1cc2ccccc2o1)c1ccc([N+](=O)[O-])cc1. The Morgan fingerprint density at radius 3 is 2.57 bits per heavy atom. The number of H-pyrrole nitrogens is 1. The Bertz CT molecular complexity index is 1540. The van der Waals surface area contributed by atoms with Crippen LogP contribution in [-0.2, 0) is 17.8 Å². The van der Waals surface area contributed by atoms with Gasteiger partial charge in [0.05, 0.1) is 23.0 Å². The van der Waals surface area contributed by atoms with E-state index in [4.69, 9.17) is 4.42 Å². The maximum Gasteiger partial charge on any atom is 0.269 e. The van der Waals surface area contributed by atoms with Crippen molar-refractivity contribution in [2.75, 3.05) is 0 Å². The average molecular weight is 497 g/mol. The Balaban J connectivity index is 1.39. The second kappa shape index (κ2) is 9.91. The zero-order valence-corrected chi connectivity index (χ0v) is 20.7. The van der Waals surface area contributed by atoms with Gasteiger partial charge in [0.2, 0.25) is 5.91 Å². The van der Waals surface area contributed by atoms with E-state index in [-0.39, 0.29) is 17.6 Å². The molecule has 0 fully saturated rings. The molecule has 3 aromatic carbocycles. The van der Waals surface area contributed by atoms with Crippen molar-refractivity contribution in [2.45, 2.75) is 38.4 Å². The number of aromatic amines is 1. The van der Waals surface area contributed by atoms with Gasteiger partial charge in [-0.05, 0) is 43.2 Å². The Labute approximate surface area is 213 Å². The van der Waals surface area contributed by atoms with Crippen molar-refractivity contribution in [3.05, 3.63) is 112 Å². The van der Waals surface area contributed by atoms with E-state index in [0.29, 0.717) is 13.0 Å². The van der Waals surface area contributed by atoms with Gasteiger partial charge < -0.3 is 14.7 Å². The quantitative estimate of drug-likeness (QED) is 0.177. The minimum Gasteiger partial charge on any atom is -0.460 e. The highest BCUT2D eigenvalue weighted by Gasteiger charge is 2.35. The highest BCUT2D eigenvalue weighted by molar-refractivity contribution is 5.89. The summed E-state index contributed by atoms with van der Waals surface area (Å²) in [5, 5.41) is 19.6. The normalized spacial score (nSPS) is 13.9. The molecule has 1 amide bonds. The molecule has 0 saturated carbocycles. The molecule has 2 atom stereocenters. The zero-order valence-electron chi connectivity index (χ0n) is 20.7. The lowest BCUT2D eigenvalue weighted by Crippen LogP contribution is -2.56. The third kappa shape index (κ3) is 5.10. The van der Waals surface area contributed by atoms with Gasteiger partial charge in [-0.25, -0.2) is 0 Å². The molecule has 2 unspecified atom stereocenters. The van der Waals surface area contributed by atoms with Crippen LogP contribution in [0.3, 0.4) is 0 Å². The molecule has 5 aromatic rings. The predicted octanol–water partition coefficient (Wildman–Crippen LogP) is 5.79. The van der Waals surface area contributed by atoms with Gasteiger partial charge in [-0.15, -0.1) is 0 Å². The molecule has 5 rings (SSSR count). The molecule has 0 spiro atoms. The first kappa shape index (κ1) is 24.3. The van der Waals surface area contributed by atoms with Crippen LogP contribution < -0.4 is 10.6 Å². The number of para-hydroxylation sites is 2. The maximum absolute atomic E-state index is 13.8. The van der Waals surface area contributed by atoms with Gasteiger partial charge in [-0.2, -0.15) is 0 Å². The van der Waals surface area contributed by atoms with E-state index in [2.05, 4.69) is 15.6 Å². The largest absolute Gasteiger partial charge is 0.460 e. The summed E-state index contributed by atoms with van der Waals surface area (Å²) >= 11 is 0. The van der Waals surface area contributed by atoms with Crippen LogP contribution in [0, 0.1) is 10.1 Å². The number of nitrogens with zero attached hydrogens (tertiary/aromatic N) is 1. The summed E-state index contributed by atoms with van der Waals surface area (Å²) in [5.41, 5.74) is 2.66. The van der Waals surface area contributed by atoms with E-state index in [1.165, 1.54) is 12.1 Å². The van der Waals surface area contributed by atoms with Crippen LogP contribution in [0.25, 0.3) is 21.9 Å². The smallest absolute Gasteiger partial charge is 0.269 e. The number of carbonyl (C=O) groups is 1. The first-order chi connectivity index (χ1) is 17.8. The van der Waals surface area contributed by atoms with Gasteiger partial charge in [-0.1, -0.05) is 48.5 Å². The molecule has 0 aliphatic carbocycles. The monoisotopic (exact) mass is 496 g/mol. The van der Waals surface area contributed by atoms with Crippen LogP contribution in [-0.4, -0.2) is 21.4 Å². The highest BCUT2D eigenvalue weighted by Crippen LogP contribution is 2.26. The van der Waals surface area contributed by atoms with E-state index in [1.54, 1.807) is 12.1 Å². The molecule has 0 radical (unpaired) electrons. The minimum absolute atomic E-state index is 0.0129. The van der Waals surface area contributed by atoms with Crippen molar-refractivity contribution in [2.24, 2.45) is 0 Å². The first-order valence-corrected chi connectivity index (χ1v) is 12.2. The lowest BCUT2D eigenvalue weighted by molar-refractivity contribution is -0.384. The van der Waals surface area contributed by atoms with Gasteiger partial charge in [0.25, 0.3) is 5.69 Å². The van der Waals surface area contributed by atoms with E-state index >= 15 is 0 Å². The van der Waals surface area contributed by atoms with E-state index in [1.807, 2.05) is 74.6 Å². The van der Waals surface area contributed by atoms with Crippen LogP contribution in [0.15, 0.2) is 89.5 Å². The number of nitrogens with one attached hydrogen (secondary N) is 3. The van der Waals surface area contributed by atoms with Crippen LogP contribution in [0.1, 0.15) is 36.8 Å². The molecule has 0 aliphatic rings. The third-order valence-electron chi connectivity index (χ3n) is 6.80. The molecule has 2 heterocycles. The topological polar surface area (TPSA) is 113 Å². The van der Waals surface area contributed by atoms with Crippen molar-refractivity contribution in [3.63, 3.8) is 0 Å². The molecular formula is C29H28N4O4. The number of benzene rings is 3.